The number of hydrogen-bond donors (Lipinski definition) is 0. The Kier molecular flexibility index (Phi) is 8.53. The zero-order valence-corrected chi connectivity index (χ0v) is 34.0. The molecule has 0 spiro atoms. The van der Waals surface area contributed by atoms with Crippen molar-refractivity contribution >= 4 is 71.2 Å². The van der Waals surface area contributed by atoms with E-state index in [4.69, 9.17) is 0 Å². The van der Waals surface area contributed by atoms with Crippen molar-refractivity contribution in [2.45, 2.75) is 0 Å². The molecular formula is C60H40N2. The molecule has 0 saturated carbocycles. The van der Waals surface area contributed by atoms with Gasteiger partial charge in [-0.25, -0.2) is 0 Å². The fourth-order valence-corrected chi connectivity index (χ4v) is 9.64. The Bertz CT molecular complexity index is 3580. The van der Waals surface area contributed by atoms with Gasteiger partial charge in [0.2, 0.25) is 0 Å². The van der Waals surface area contributed by atoms with Crippen LogP contribution in [0.15, 0.2) is 243 Å². The molecule has 2 heteroatoms. The third kappa shape index (κ3) is 6.04. The number of anilines is 3. The molecule has 11 aromatic carbocycles. The second-order valence-electron chi connectivity index (χ2n) is 16.1. The lowest BCUT2D eigenvalue weighted by Gasteiger charge is -2.27. The number of para-hydroxylation sites is 2. The highest BCUT2D eigenvalue weighted by Gasteiger charge is 2.19. The molecule has 0 fully saturated rings. The largest absolute Gasteiger partial charge is 0.310 e. The molecule has 2 nitrogen and oxygen atoms in total. The first-order chi connectivity index (χ1) is 30.7. The average Bonchev–Trinajstić information content (AvgIpc) is 3.69. The third-order valence-electron chi connectivity index (χ3n) is 12.5. The summed E-state index contributed by atoms with van der Waals surface area (Å²) in [6.45, 7) is 0. The molecular weight excluding hydrogens is 749 g/mol. The summed E-state index contributed by atoms with van der Waals surface area (Å²) < 4.78 is 2.40. The molecule has 0 unspecified atom stereocenters. The molecule has 0 amide bonds. The maximum Gasteiger partial charge on any atom is 0.0541 e. The quantitative estimate of drug-likeness (QED) is 0.146. The van der Waals surface area contributed by atoms with Gasteiger partial charge < -0.3 is 9.47 Å². The standard InChI is InChI=1S/C60H40N2/c1-2-16-42(17-3-1)58-40-50(35-36-52(58)45-20-14-21-48(38-45)62-59-27-12-10-25-55(59)56-26-11-13-28-60(56)62)61(49-34-29-41-15-4-5-18-44(41)37-49)47-32-30-43(31-33-47)57-39-46-19-6-7-22-51(46)53-23-8-9-24-54(53)57/h1-40H. The highest BCUT2D eigenvalue weighted by molar-refractivity contribution is 6.14. The molecule has 12 rings (SSSR count). The van der Waals surface area contributed by atoms with Crippen molar-refractivity contribution in [1.29, 1.82) is 0 Å². The first-order valence-electron chi connectivity index (χ1n) is 21.3. The van der Waals surface area contributed by atoms with E-state index < -0.39 is 0 Å². The maximum absolute atomic E-state index is 2.40. The van der Waals surface area contributed by atoms with Crippen LogP contribution in [0.3, 0.4) is 0 Å². The molecule has 1 heterocycles. The van der Waals surface area contributed by atoms with Crippen LogP contribution in [-0.2, 0) is 0 Å². The second-order valence-corrected chi connectivity index (χ2v) is 16.1. The first kappa shape index (κ1) is 35.7. The van der Waals surface area contributed by atoms with Crippen molar-refractivity contribution < 1.29 is 0 Å². The summed E-state index contributed by atoms with van der Waals surface area (Å²) in [6, 6.07) is 88.6. The highest BCUT2D eigenvalue weighted by atomic mass is 15.1. The van der Waals surface area contributed by atoms with Crippen molar-refractivity contribution in [3.05, 3.63) is 243 Å². The van der Waals surface area contributed by atoms with Gasteiger partial charge in [-0.2, -0.15) is 0 Å². The number of rotatable bonds is 7. The van der Waals surface area contributed by atoms with Crippen LogP contribution in [-0.4, -0.2) is 4.57 Å². The van der Waals surface area contributed by atoms with Crippen molar-refractivity contribution in [3.8, 4) is 39.1 Å². The summed E-state index contributed by atoms with van der Waals surface area (Å²) >= 11 is 0. The smallest absolute Gasteiger partial charge is 0.0541 e. The predicted octanol–water partition coefficient (Wildman–Crippen LogP) is 16.7. The van der Waals surface area contributed by atoms with Gasteiger partial charge in [0.1, 0.15) is 0 Å². The Morgan fingerprint density at radius 1 is 0.258 bits per heavy atom. The lowest BCUT2D eigenvalue weighted by molar-refractivity contribution is 1.18. The topological polar surface area (TPSA) is 8.17 Å². The van der Waals surface area contributed by atoms with Crippen molar-refractivity contribution in [2.75, 3.05) is 4.90 Å². The minimum atomic E-state index is 1.09. The summed E-state index contributed by atoms with van der Waals surface area (Å²) in [5, 5.41) is 10.0. The van der Waals surface area contributed by atoms with Crippen molar-refractivity contribution in [3.63, 3.8) is 0 Å². The first-order valence-corrected chi connectivity index (χ1v) is 21.3. The van der Waals surface area contributed by atoms with E-state index in [-0.39, 0.29) is 0 Å². The van der Waals surface area contributed by atoms with Gasteiger partial charge in [0.15, 0.2) is 0 Å². The zero-order valence-electron chi connectivity index (χ0n) is 34.0. The van der Waals surface area contributed by atoms with Gasteiger partial charge >= 0.3 is 0 Å². The average molecular weight is 789 g/mol. The number of nitrogens with zero attached hydrogens (tertiary/aromatic N) is 2. The zero-order chi connectivity index (χ0) is 41.0. The molecule has 0 N–H and O–H groups in total. The fourth-order valence-electron chi connectivity index (χ4n) is 9.64. The highest BCUT2D eigenvalue weighted by Crippen LogP contribution is 2.43. The minimum absolute atomic E-state index is 1.09. The van der Waals surface area contributed by atoms with Crippen LogP contribution in [0, 0.1) is 0 Å². The summed E-state index contributed by atoms with van der Waals surface area (Å²) in [5.74, 6) is 0. The van der Waals surface area contributed by atoms with Crippen LogP contribution in [0.25, 0.3) is 93.2 Å². The van der Waals surface area contributed by atoms with Gasteiger partial charge in [-0.1, -0.05) is 176 Å². The fraction of sp³-hybridized carbons (Fsp3) is 0. The van der Waals surface area contributed by atoms with Crippen LogP contribution in [0.4, 0.5) is 17.1 Å². The van der Waals surface area contributed by atoms with Gasteiger partial charge in [0, 0.05) is 33.5 Å². The molecule has 0 bridgehead atoms. The van der Waals surface area contributed by atoms with Crippen molar-refractivity contribution in [1.82, 2.24) is 4.57 Å². The number of hydrogen-bond acceptors (Lipinski definition) is 1. The monoisotopic (exact) mass is 788 g/mol. The van der Waals surface area contributed by atoms with Crippen LogP contribution in [0.2, 0.25) is 0 Å². The Labute approximate surface area is 360 Å². The summed E-state index contributed by atoms with van der Waals surface area (Å²) in [4.78, 5) is 2.40. The van der Waals surface area contributed by atoms with Gasteiger partial charge in [-0.05, 0) is 132 Å². The number of benzene rings is 11. The Hall–Kier alpha value is -8.20. The Balaban J connectivity index is 1.02. The lowest BCUT2D eigenvalue weighted by Crippen LogP contribution is -2.10. The van der Waals surface area contributed by atoms with Gasteiger partial charge in [-0.3, -0.25) is 0 Å². The van der Waals surface area contributed by atoms with E-state index in [1.54, 1.807) is 0 Å². The molecule has 0 atom stereocenters. The minimum Gasteiger partial charge on any atom is -0.310 e. The second kappa shape index (κ2) is 14.8. The van der Waals surface area contributed by atoms with Crippen molar-refractivity contribution in [2.24, 2.45) is 0 Å². The van der Waals surface area contributed by atoms with Crippen LogP contribution >= 0.6 is 0 Å². The SMILES string of the molecule is c1ccc(-c2cc(N(c3ccc(-c4cc5ccccc5c5ccccc45)cc3)c3ccc4ccccc4c3)ccc2-c2cccc(-n3c4ccccc4c4ccccc43)c2)cc1. The Morgan fingerprint density at radius 3 is 1.56 bits per heavy atom. The van der Waals surface area contributed by atoms with Crippen LogP contribution in [0.1, 0.15) is 0 Å². The molecule has 0 radical (unpaired) electrons. The molecule has 1 aromatic heterocycles. The van der Waals surface area contributed by atoms with E-state index in [1.807, 2.05) is 0 Å². The van der Waals surface area contributed by atoms with Crippen LogP contribution in [0.5, 0.6) is 0 Å². The maximum atomic E-state index is 2.40. The molecule has 0 aliphatic heterocycles. The van der Waals surface area contributed by atoms with E-state index >= 15 is 0 Å². The van der Waals surface area contributed by atoms with E-state index in [0.29, 0.717) is 0 Å². The van der Waals surface area contributed by atoms with E-state index in [9.17, 15) is 0 Å². The molecule has 12 aromatic rings. The van der Waals surface area contributed by atoms with E-state index in [0.717, 1.165) is 22.7 Å². The summed E-state index contributed by atoms with van der Waals surface area (Å²) in [5.41, 5.74) is 14.0. The van der Waals surface area contributed by atoms with Gasteiger partial charge in [-0.15, -0.1) is 0 Å². The molecule has 62 heavy (non-hydrogen) atoms. The van der Waals surface area contributed by atoms with E-state index in [2.05, 4.69) is 252 Å². The molecule has 0 saturated heterocycles. The van der Waals surface area contributed by atoms with E-state index in [1.165, 1.54) is 87.5 Å². The van der Waals surface area contributed by atoms with Gasteiger partial charge in [0.25, 0.3) is 0 Å². The molecule has 0 aliphatic carbocycles. The van der Waals surface area contributed by atoms with Gasteiger partial charge in [0.05, 0.1) is 11.0 Å². The number of aromatic nitrogens is 1. The number of fused-ring (bicyclic) bond motifs is 7. The normalized spacial score (nSPS) is 11.5. The summed E-state index contributed by atoms with van der Waals surface area (Å²) in [7, 11) is 0. The lowest BCUT2D eigenvalue weighted by atomic mass is 9.92. The molecule has 290 valence electrons. The predicted molar refractivity (Wildman–Crippen MR) is 264 cm³/mol. The third-order valence-corrected chi connectivity index (χ3v) is 12.5. The Morgan fingerprint density at radius 2 is 0.806 bits per heavy atom. The molecule has 0 aliphatic rings. The van der Waals surface area contributed by atoms with Crippen LogP contribution < -0.4 is 4.90 Å². The summed E-state index contributed by atoms with van der Waals surface area (Å²) in [6.07, 6.45) is 0.